The van der Waals surface area contributed by atoms with Gasteiger partial charge in [-0.2, -0.15) is 5.10 Å². The van der Waals surface area contributed by atoms with Gasteiger partial charge in [-0.05, 0) is 19.4 Å². The third kappa shape index (κ3) is 2.15. The van der Waals surface area contributed by atoms with Gasteiger partial charge in [0.25, 0.3) is 0 Å². The Morgan fingerprint density at radius 2 is 2.53 bits per heavy atom. The minimum atomic E-state index is -0.796. The third-order valence-electron chi connectivity index (χ3n) is 2.68. The number of carboxylic acid groups (broad SMARTS) is 1. The average molecular weight is 210 g/mol. The normalized spacial score (nSPS) is 26.5. The van der Waals surface area contributed by atoms with Crippen molar-refractivity contribution in [3.8, 4) is 0 Å². The molecule has 0 aliphatic carbocycles. The number of carboxylic acids is 1. The summed E-state index contributed by atoms with van der Waals surface area (Å²) in [5.74, 6) is 0.120. The summed E-state index contributed by atoms with van der Waals surface area (Å²) < 4.78 is 1.65. The maximum atomic E-state index is 10.8. The first kappa shape index (κ1) is 10.1. The van der Waals surface area contributed by atoms with Crippen molar-refractivity contribution in [1.29, 1.82) is 0 Å². The molecule has 2 atom stereocenters. The highest BCUT2D eigenvalue weighted by Gasteiger charge is 2.29. The van der Waals surface area contributed by atoms with E-state index in [1.807, 2.05) is 7.05 Å². The van der Waals surface area contributed by atoms with Crippen molar-refractivity contribution in [3.05, 3.63) is 12.2 Å². The second-order valence-corrected chi connectivity index (χ2v) is 3.84. The molecule has 1 saturated heterocycles. The summed E-state index contributed by atoms with van der Waals surface area (Å²) in [4.78, 5) is 15.0. The molecule has 0 bridgehead atoms. The Bertz CT molecular complexity index is 363. The Morgan fingerprint density at radius 3 is 3.13 bits per heavy atom. The van der Waals surface area contributed by atoms with Crippen LogP contribution < -0.4 is 5.32 Å². The number of hydrogen-bond donors (Lipinski definition) is 2. The predicted octanol–water partition coefficient (Wildman–Crippen LogP) is -0.265. The summed E-state index contributed by atoms with van der Waals surface area (Å²) in [6.45, 7) is 0.708. The molecule has 1 aromatic rings. The van der Waals surface area contributed by atoms with E-state index in [-0.39, 0.29) is 5.92 Å². The number of aryl methyl sites for hydroxylation is 1. The molecule has 0 aromatic carbocycles. The molecule has 2 unspecified atom stereocenters. The maximum absolute atomic E-state index is 10.8. The lowest BCUT2D eigenvalue weighted by molar-refractivity contribution is -0.140. The van der Waals surface area contributed by atoms with Gasteiger partial charge in [-0.3, -0.25) is 9.48 Å². The van der Waals surface area contributed by atoms with Crippen LogP contribution in [0.1, 0.15) is 24.6 Å². The quantitative estimate of drug-likeness (QED) is 0.702. The van der Waals surface area contributed by atoms with Gasteiger partial charge in [0.15, 0.2) is 5.82 Å². The second kappa shape index (κ2) is 3.98. The molecule has 1 aliphatic heterocycles. The number of hydrogen-bond acceptors (Lipinski definition) is 4. The Hall–Kier alpha value is -1.43. The van der Waals surface area contributed by atoms with Gasteiger partial charge in [0.1, 0.15) is 12.4 Å². The summed E-state index contributed by atoms with van der Waals surface area (Å²) in [6.07, 6.45) is 3.11. The predicted molar refractivity (Wildman–Crippen MR) is 52.4 cm³/mol. The summed E-state index contributed by atoms with van der Waals surface area (Å²) >= 11 is 0. The Labute approximate surface area is 87.3 Å². The number of piperidine rings is 1. The van der Waals surface area contributed by atoms with E-state index in [4.69, 9.17) is 5.11 Å². The molecule has 6 nitrogen and oxygen atoms in total. The lowest BCUT2D eigenvalue weighted by Gasteiger charge is -2.25. The molecule has 6 heteroatoms. The second-order valence-electron chi connectivity index (χ2n) is 3.84. The molecule has 0 radical (unpaired) electrons. The molecule has 0 amide bonds. The summed E-state index contributed by atoms with van der Waals surface area (Å²) in [5.41, 5.74) is 0. The molecule has 2 heterocycles. The van der Waals surface area contributed by atoms with E-state index in [2.05, 4.69) is 15.4 Å². The van der Waals surface area contributed by atoms with E-state index < -0.39 is 12.0 Å². The maximum Gasteiger partial charge on any atom is 0.320 e. The molecule has 1 aliphatic rings. The van der Waals surface area contributed by atoms with Gasteiger partial charge in [-0.15, -0.1) is 0 Å². The first-order chi connectivity index (χ1) is 7.16. The zero-order valence-electron chi connectivity index (χ0n) is 8.55. The largest absolute Gasteiger partial charge is 0.480 e. The topological polar surface area (TPSA) is 80.0 Å². The van der Waals surface area contributed by atoms with Gasteiger partial charge in [0.05, 0.1) is 0 Å². The Balaban J connectivity index is 2.07. The van der Waals surface area contributed by atoms with Crippen molar-refractivity contribution in [1.82, 2.24) is 20.1 Å². The zero-order chi connectivity index (χ0) is 10.8. The highest BCUT2D eigenvalue weighted by molar-refractivity contribution is 5.73. The number of carbonyl (C=O) groups is 1. The first-order valence-electron chi connectivity index (χ1n) is 4.98. The van der Waals surface area contributed by atoms with Gasteiger partial charge in [0.2, 0.25) is 0 Å². The van der Waals surface area contributed by atoms with Crippen molar-refractivity contribution >= 4 is 5.97 Å². The van der Waals surface area contributed by atoms with Gasteiger partial charge < -0.3 is 10.4 Å². The SMILES string of the molecule is Cn1cnc(C2CCNC(C(=O)O)C2)n1. The van der Waals surface area contributed by atoms with Gasteiger partial charge >= 0.3 is 5.97 Å². The molecule has 82 valence electrons. The monoisotopic (exact) mass is 210 g/mol. The lowest BCUT2D eigenvalue weighted by Crippen LogP contribution is -2.43. The van der Waals surface area contributed by atoms with Crippen molar-refractivity contribution < 1.29 is 9.90 Å². The van der Waals surface area contributed by atoms with Gasteiger partial charge in [-0.1, -0.05) is 0 Å². The van der Waals surface area contributed by atoms with Crippen LogP contribution in [0.5, 0.6) is 0 Å². The summed E-state index contributed by atoms with van der Waals surface area (Å²) in [6, 6.07) is -0.465. The molecule has 15 heavy (non-hydrogen) atoms. The van der Waals surface area contributed by atoms with E-state index in [1.54, 1.807) is 11.0 Å². The molecule has 1 fully saturated rings. The molecule has 0 spiro atoms. The molecule has 2 N–H and O–H groups in total. The lowest BCUT2D eigenvalue weighted by atomic mass is 9.92. The van der Waals surface area contributed by atoms with E-state index in [1.165, 1.54) is 0 Å². The highest BCUT2D eigenvalue weighted by atomic mass is 16.4. The van der Waals surface area contributed by atoms with E-state index >= 15 is 0 Å². The number of nitrogens with one attached hydrogen (secondary N) is 1. The fourth-order valence-corrected chi connectivity index (χ4v) is 1.88. The van der Waals surface area contributed by atoms with Crippen LogP contribution in [0.2, 0.25) is 0 Å². The van der Waals surface area contributed by atoms with E-state index in [0.717, 1.165) is 12.2 Å². The number of aliphatic carboxylic acids is 1. The molecular formula is C9H14N4O2. The van der Waals surface area contributed by atoms with Crippen LogP contribution in [-0.2, 0) is 11.8 Å². The van der Waals surface area contributed by atoms with Crippen LogP contribution >= 0.6 is 0 Å². The molecule has 2 rings (SSSR count). The smallest absolute Gasteiger partial charge is 0.320 e. The van der Waals surface area contributed by atoms with Crippen molar-refractivity contribution in [3.63, 3.8) is 0 Å². The highest BCUT2D eigenvalue weighted by Crippen LogP contribution is 2.24. The van der Waals surface area contributed by atoms with Crippen molar-refractivity contribution in [2.45, 2.75) is 24.8 Å². The van der Waals surface area contributed by atoms with Crippen LogP contribution in [0, 0.1) is 0 Å². The summed E-state index contributed by atoms with van der Waals surface area (Å²) in [7, 11) is 1.81. The first-order valence-corrected chi connectivity index (χ1v) is 4.98. The number of aromatic nitrogens is 3. The number of nitrogens with zero attached hydrogens (tertiary/aromatic N) is 3. The Morgan fingerprint density at radius 1 is 1.73 bits per heavy atom. The molecule has 0 saturated carbocycles. The zero-order valence-corrected chi connectivity index (χ0v) is 8.55. The summed E-state index contributed by atoms with van der Waals surface area (Å²) in [5, 5.41) is 16.1. The Kier molecular flexibility index (Phi) is 2.68. The minimum absolute atomic E-state index is 0.161. The van der Waals surface area contributed by atoms with Gasteiger partial charge in [0, 0.05) is 13.0 Å². The van der Waals surface area contributed by atoms with Crippen molar-refractivity contribution in [2.24, 2.45) is 7.05 Å². The standard InChI is InChI=1S/C9H14N4O2/c1-13-5-11-8(12-13)6-2-3-10-7(4-6)9(14)15/h5-7,10H,2-4H2,1H3,(H,14,15). The van der Waals surface area contributed by atoms with Crippen LogP contribution in [0.15, 0.2) is 6.33 Å². The van der Waals surface area contributed by atoms with Crippen LogP contribution in [0.3, 0.4) is 0 Å². The average Bonchev–Trinajstić information content (AvgIpc) is 2.65. The van der Waals surface area contributed by atoms with Crippen LogP contribution in [-0.4, -0.2) is 38.4 Å². The van der Waals surface area contributed by atoms with E-state index in [9.17, 15) is 4.79 Å². The van der Waals surface area contributed by atoms with Crippen LogP contribution in [0.4, 0.5) is 0 Å². The fraction of sp³-hybridized carbons (Fsp3) is 0.667. The fourth-order valence-electron chi connectivity index (χ4n) is 1.88. The molecular weight excluding hydrogens is 196 g/mol. The number of rotatable bonds is 2. The third-order valence-corrected chi connectivity index (χ3v) is 2.68. The minimum Gasteiger partial charge on any atom is -0.480 e. The van der Waals surface area contributed by atoms with Crippen LogP contribution in [0.25, 0.3) is 0 Å². The van der Waals surface area contributed by atoms with Crippen molar-refractivity contribution in [2.75, 3.05) is 6.54 Å². The van der Waals surface area contributed by atoms with E-state index in [0.29, 0.717) is 13.0 Å². The molecule has 1 aromatic heterocycles. The van der Waals surface area contributed by atoms with Gasteiger partial charge in [-0.25, -0.2) is 4.98 Å².